The highest BCUT2D eigenvalue weighted by atomic mass is 28.4. The van der Waals surface area contributed by atoms with Crippen LogP contribution >= 0.6 is 0 Å². The van der Waals surface area contributed by atoms with E-state index in [9.17, 15) is 9.59 Å². The van der Waals surface area contributed by atoms with Crippen molar-refractivity contribution < 1.29 is 14.0 Å². The minimum absolute atomic E-state index is 0.0443. The van der Waals surface area contributed by atoms with E-state index in [-0.39, 0.29) is 10.9 Å². The van der Waals surface area contributed by atoms with Crippen molar-refractivity contribution in [2.75, 3.05) is 11.9 Å². The molecule has 0 saturated heterocycles. The molecule has 0 atom stereocenters. The van der Waals surface area contributed by atoms with Gasteiger partial charge in [-0.2, -0.15) is 0 Å². The van der Waals surface area contributed by atoms with Gasteiger partial charge in [-0.25, -0.2) is 4.79 Å². The molecule has 0 saturated carbocycles. The first-order valence-corrected chi connectivity index (χ1v) is 11.5. The second kappa shape index (κ2) is 8.89. The largest absolute Gasteiger partial charge is 0.544 e. The van der Waals surface area contributed by atoms with E-state index in [2.05, 4.69) is 44.5 Å². The lowest BCUT2D eigenvalue weighted by atomic mass is 10.2. The first-order chi connectivity index (χ1) is 11.5. The molecule has 0 aliphatic rings. The van der Waals surface area contributed by atoms with Crippen LogP contribution in [0, 0.1) is 0 Å². The number of rotatable bonds is 8. The molecule has 7 heteroatoms. The minimum atomic E-state index is -1.85. The molecule has 25 heavy (non-hydrogen) atoms. The third-order valence-electron chi connectivity index (χ3n) is 4.45. The summed E-state index contributed by atoms with van der Waals surface area (Å²) in [5, 5.41) is 5.51. The number of nitrogens with one attached hydrogen (secondary N) is 2. The standard InChI is InChI=1S/C18H31N3O3Si/c1-18(2,3)25(4,5)24-15-11-9-14(10-12-15)21-16(22)8-6-7-13-20-17(19)23/h9-12H,6-8,13H2,1-5H3,(H,21,22)(H3,19,20,23). The van der Waals surface area contributed by atoms with Gasteiger partial charge in [0.15, 0.2) is 0 Å². The number of hydrogen-bond acceptors (Lipinski definition) is 3. The molecule has 1 aromatic rings. The number of unbranched alkanes of at least 4 members (excludes halogenated alkanes) is 1. The maximum Gasteiger partial charge on any atom is 0.312 e. The molecule has 1 aromatic carbocycles. The Bertz CT molecular complexity index is 580. The molecule has 0 fully saturated rings. The monoisotopic (exact) mass is 365 g/mol. The molecule has 0 bridgehead atoms. The number of carbonyl (C=O) groups excluding carboxylic acids is 2. The van der Waals surface area contributed by atoms with E-state index in [1.807, 2.05) is 24.3 Å². The van der Waals surface area contributed by atoms with Gasteiger partial charge in [0.2, 0.25) is 14.2 Å². The minimum Gasteiger partial charge on any atom is -0.544 e. The Morgan fingerprint density at radius 2 is 1.72 bits per heavy atom. The van der Waals surface area contributed by atoms with E-state index in [0.29, 0.717) is 19.4 Å². The highest BCUT2D eigenvalue weighted by molar-refractivity contribution is 6.74. The second-order valence-corrected chi connectivity index (χ2v) is 12.4. The Balaban J connectivity index is 2.44. The number of carbonyl (C=O) groups is 2. The summed E-state index contributed by atoms with van der Waals surface area (Å²) in [5.74, 6) is 0.791. The summed E-state index contributed by atoms with van der Waals surface area (Å²) in [5.41, 5.74) is 5.73. The summed E-state index contributed by atoms with van der Waals surface area (Å²) < 4.78 is 6.22. The summed E-state index contributed by atoms with van der Waals surface area (Å²) in [6, 6.07) is 6.97. The van der Waals surface area contributed by atoms with Gasteiger partial charge in [0, 0.05) is 18.7 Å². The Kier molecular flexibility index (Phi) is 7.48. The van der Waals surface area contributed by atoms with Gasteiger partial charge in [-0.15, -0.1) is 0 Å². The average molecular weight is 366 g/mol. The van der Waals surface area contributed by atoms with Crippen LogP contribution in [0.3, 0.4) is 0 Å². The Hall–Kier alpha value is -2.02. The maximum absolute atomic E-state index is 11.9. The fourth-order valence-corrected chi connectivity index (χ4v) is 2.93. The molecule has 0 radical (unpaired) electrons. The number of anilines is 1. The molecule has 6 nitrogen and oxygen atoms in total. The van der Waals surface area contributed by atoms with Crippen molar-refractivity contribution in [1.82, 2.24) is 5.32 Å². The lowest BCUT2D eigenvalue weighted by Gasteiger charge is -2.36. The molecule has 0 aliphatic carbocycles. The molecule has 0 spiro atoms. The van der Waals surface area contributed by atoms with Crippen LogP contribution in [0.4, 0.5) is 10.5 Å². The zero-order chi connectivity index (χ0) is 19.1. The number of hydrogen-bond donors (Lipinski definition) is 3. The van der Waals surface area contributed by atoms with E-state index in [0.717, 1.165) is 17.9 Å². The first kappa shape index (κ1) is 21.0. The molecule has 4 N–H and O–H groups in total. The van der Waals surface area contributed by atoms with Gasteiger partial charge in [-0.05, 0) is 55.2 Å². The van der Waals surface area contributed by atoms with E-state index in [4.69, 9.17) is 10.2 Å². The molecule has 1 rings (SSSR count). The molecule has 3 amide bonds. The Morgan fingerprint density at radius 3 is 2.24 bits per heavy atom. The van der Waals surface area contributed by atoms with Crippen molar-refractivity contribution in [3.8, 4) is 5.75 Å². The molecular formula is C18H31N3O3Si. The van der Waals surface area contributed by atoms with Gasteiger partial charge in [0.25, 0.3) is 0 Å². The van der Waals surface area contributed by atoms with Crippen molar-refractivity contribution in [2.24, 2.45) is 5.73 Å². The van der Waals surface area contributed by atoms with Gasteiger partial charge in [-0.1, -0.05) is 20.8 Å². The quantitative estimate of drug-likeness (QED) is 0.482. The summed E-state index contributed by atoms with van der Waals surface area (Å²) in [7, 11) is -1.85. The van der Waals surface area contributed by atoms with E-state index < -0.39 is 14.3 Å². The van der Waals surface area contributed by atoms with Crippen LogP contribution < -0.4 is 20.8 Å². The molecule has 0 aromatic heterocycles. The molecular weight excluding hydrogens is 334 g/mol. The number of nitrogens with two attached hydrogens (primary N) is 1. The van der Waals surface area contributed by atoms with Crippen molar-refractivity contribution >= 4 is 25.9 Å². The second-order valence-electron chi connectivity index (χ2n) is 7.68. The maximum atomic E-state index is 11.9. The van der Waals surface area contributed by atoms with E-state index >= 15 is 0 Å². The summed E-state index contributed by atoms with van der Waals surface area (Å²) in [6.07, 6.45) is 1.82. The highest BCUT2D eigenvalue weighted by Gasteiger charge is 2.38. The van der Waals surface area contributed by atoms with Crippen molar-refractivity contribution in [1.29, 1.82) is 0 Å². The van der Waals surface area contributed by atoms with Crippen LogP contribution in [0.2, 0.25) is 18.1 Å². The van der Waals surface area contributed by atoms with Crippen LogP contribution in [-0.2, 0) is 4.79 Å². The topological polar surface area (TPSA) is 93.4 Å². The van der Waals surface area contributed by atoms with Crippen LogP contribution in [0.5, 0.6) is 5.75 Å². The first-order valence-electron chi connectivity index (χ1n) is 8.63. The molecule has 0 aliphatic heterocycles. The Morgan fingerprint density at radius 1 is 1.12 bits per heavy atom. The summed E-state index contributed by atoms with van der Waals surface area (Å²) in [6.45, 7) is 11.5. The molecule has 0 heterocycles. The Labute approximate surface area is 151 Å². The van der Waals surface area contributed by atoms with Gasteiger partial charge >= 0.3 is 6.03 Å². The van der Waals surface area contributed by atoms with Gasteiger partial charge in [0.1, 0.15) is 5.75 Å². The number of primary amides is 1. The number of amides is 3. The smallest absolute Gasteiger partial charge is 0.312 e. The van der Waals surface area contributed by atoms with Gasteiger partial charge < -0.3 is 20.8 Å². The number of benzene rings is 1. The lowest BCUT2D eigenvalue weighted by Crippen LogP contribution is -2.43. The lowest BCUT2D eigenvalue weighted by molar-refractivity contribution is -0.116. The van der Waals surface area contributed by atoms with Crippen molar-refractivity contribution in [2.45, 2.75) is 58.2 Å². The van der Waals surface area contributed by atoms with Crippen LogP contribution in [-0.4, -0.2) is 26.8 Å². The number of urea groups is 1. The third kappa shape index (κ3) is 7.60. The van der Waals surface area contributed by atoms with Crippen LogP contribution in [0.15, 0.2) is 24.3 Å². The summed E-state index contributed by atoms with van der Waals surface area (Å²) in [4.78, 5) is 22.4. The predicted octanol–water partition coefficient (Wildman–Crippen LogP) is 3.85. The fourth-order valence-electron chi connectivity index (χ4n) is 1.90. The fraction of sp³-hybridized carbons (Fsp3) is 0.556. The summed E-state index contributed by atoms with van der Waals surface area (Å²) >= 11 is 0. The van der Waals surface area contributed by atoms with Crippen molar-refractivity contribution in [3.05, 3.63) is 24.3 Å². The zero-order valence-electron chi connectivity index (χ0n) is 15.9. The normalized spacial score (nSPS) is 11.7. The molecule has 140 valence electrons. The van der Waals surface area contributed by atoms with Crippen LogP contribution in [0.25, 0.3) is 0 Å². The van der Waals surface area contributed by atoms with Gasteiger partial charge in [-0.3, -0.25) is 4.79 Å². The zero-order valence-corrected chi connectivity index (χ0v) is 16.9. The van der Waals surface area contributed by atoms with Crippen molar-refractivity contribution in [3.63, 3.8) is 0 Å². The average Bonchev–Trinajstić information content (AvgIpc) is 2.47. The van der Waals surface area contributed by atoms with Gasteiger partial charge in [0.05, 0.1) is 0 Å². The molecule has 0 unspecified atom stereocenters. The SMILES string of the molecule is CC(C)(C)[Si](C)(C)Oc1ccc(NC(=O)CCCCNC(N)=O)cc1. The van der Waals surface area contributed by atoms with E-state index in [1.165, 1.54) is 0 Å². The predicted molar refractivity (Wildman–Crippen MR) is 104 cm³/mol. The third-order valence-corrected chi connectivity index (χ3v) is 8.81. The van der Waals surface area contributed by atoms with E-state index in [1.54, 1.807) is 0 Å². The van der Waals surface area contributed by atoms with Crippen LogP contribution in [0.1, 0.15) is 40.0 Å². The highest BCUT2D eigenvalue weighted by Crippen LogP contribution is 2.37.